The minimum absolute atomic E-state index is 0. The maximum Gasteiger partial charge on any atom is 1.00 e. The van der Waals surface area contributed by atoms with E-state index in [1.54, 1.807) is 19.9 Å². The topological polar surface area (TPSA) is 113 Å². The molecule has 0 spiro atoms. The van der Waals surface area contributed by atoms with E-state index in [0.29, 0.717) is 12.1 Å². The minimum Gasteiger partial charge on any atom is -0.546 e. The second kappa shape index (κ2) is 10.1. The van der Waals surface area contributed by atoms with E-state index in [1.807, 2.05) is 0 Å². The van der Waals surface area contributed by atoms with Crippen molar-refractivity contribution in [3.63, 3.8) is 0 Å². The van der Waals surface area contributed by atoms with Crippen LogP contribution in [0.15, 0.2) is 18.2 Å². The van der Waals surface area contributed by atoms with Crippen molar-refractivity contribution in [1.29, 1.82) is 0 Å². The molecule has 0 radical (unpaired) electrons. The molecule has 0 atom stereocenters. The molecule has 0 unspecified atom stereocenters. The molecule has 0 bridgehead atoms. The van der Waals surface area contributed by atoms with Gasteiger partial charge in [0.25, 0.3) is 0 Å². The molecule has 0 amide bonds. The van der Waals surface area contributed by atoms with Crippen LogP contribution in [0.1, 0.15) is 18.1 Å². The van der Waals surface area contributed by atoms with E-state index in [0.717, 1.165) is 0 Å². The second-order valence-corrected chi connectivity index (χ2v) is 3.81. The van der Waals surface area contributed by atoms with E-state index in [-0.39, 0.29) is 114 Å². The van der Waals surface area contributed by atoms with Crippen LogP contribution in [-0.4, -0.2) is 23.6 Å². The van der Waals surface area contributed by atoms with Crippen LogP contribution in [0.2, 0.25) is 0 Å². The van der Waals surface area contributed by atoms with Gasteiger partial charge in [0.15, 0.2) is 5.60 Å². The Labute approximate surface area is 202 Å². The molecule has 0 fully saturated rings. The Hall–Kier alpha value is 1.19. The Morgan fingerprint density at radius 3 is 2.15 bits per heavy atom. The Morgan fingerprint density at radius 1 is 1.25 bits per heavy atom. The molecule has 6 nitrogen and oxygen atoms in total. The Kier molecular flexibility index (Phi) is 11.8. The van der Waals surface area contributed by atoms with Gasteiger partial charge in [-0.05, 0) is 19.4 Å². The molecule has 20 heavy (non-hydrogen) atoms. The van der Waals surface area contributed by atoms with Gasteiger partial charge in [0.1, 0.15) is 0 Å². The number of aryl methyl sites for hydroxylation is 1. The SMILES string of the molecule is CCNc1c(C)cccc1C(O)(C(=O)[O-])C(=O)[O-].[K+].[K+]. The Balaban J connectivity index is 0. The zero-order valence-electron chi connectivity index (χ0n) is 12.0. The third kappa shape index (κ3) is 4.85. The quantitative estimate of drug-likeness (QED) is 0.410. The van der Waals surface area contributed by atoms with E-state index in [2.05, 4.69) is 5.32 Å². The number of anilines is 1. The number of carboxylic acid groups (broad SMARTS) is 2. The number of aliphatic carboxylic acids is 2. The van der Waals surface area contributed by atoms with Crippen molar-refractivity contribution in [3.8, 4) is 0 Å². The molecule has 8 heteroatoms. The molecule has 0 saturated heterocycles. The maximum atomic E-state index is 10.9. The van der Waals surface area contributed by atoms with Gasteiger partial charge >= 0.3 is 103 Å². The predicted molar refractivity (Wildman–Crippen MR) is 59.3 cm³/mol. The van der Waals surface area contributed by atoms with Crippen molar-refractivity contribution in [1.82, 2.24) is 0 Å². The van der Waals surface area contributed by atoms with Crippen LogP contribution in [0, 0.1) is 6.92 Å². The number of carboxylic acids is 2. The molecule has 2 N–H and O–H groups in total. The van der Waals surface area contributed by atoms with Crippen molar-refractivity contribution in [3.05, 3.63) is 29.3 Å². The summed E-state index contributed by atoms with van der Waals surface area (Å²) < 4.78 is 0. The third-order valence-corrected chi connectivity index (χ3v) is 2.61. The van der Waals surface area contributed by atoms with Crippen LogP contribution in [0.4, 0.5) is 5.69 Å². The van der Waals surface area contributed by atoms with Crippen LogP contribution >= 0.6 is 0 Å². The first-order valence-corrected chi connectivity index (χ1v) is 5.34. The number of para-hydroxylation sites is 1. The number of nitrogens with one attached hydrogen (secondary N) is 1. The van der Waals surface area contributed by atoms with E-state index >= 15 is 0 Å². The average Bonchev–Trinajstić information content (AvgIpc) is 2.30. The molecule has 0 aliphatic carbocycles. The molecule has 1 aromatic carbocycles. The van der Waals surface area contributed by atoms with Gasteiger partial charge in [-0.2, -0.15) is 0 Å². The van der Waals surface area contributed by atoms with Gasteiger partial charge < -0.3 is 30.2 Å². The molecule has 0 aliphatic rings. The smallest absolute Gasteiger partial charge is 0.546 e. The van der Waals surface area contributed by atoms with Crippen molar-refractivity contribution in [2.24, 2.45) is 0 Å². The van der Waals surface area contributed by atoms with Gasteiger partial charge in [0, 0.05) is 17.8 Å². The fourth-order valence-corrected chi connectivity index (χ4v) is 1.68. The van der Waals surface area contributed by atoms with Crippen LogP contribution in [0.25, 0.3) is 0 Å². The summed E-state index contributed by atoms with van der Waals surface area (Å²) in [6.07, 6.45) is 0. The molecule has 0 heterocycles. The first-order valence-electron chi connectivity index (χ1n) is 5.34. The van der Waals surface area contributed by atoms with Crippen molar-refractivity contribution in [2.45, 2.75) is 19.4 Å². The number of aliphatic hydroxyl groups is 1. The van der Waals surface area contributed by atoms with E-state index in [9.17, 15) is 24.9 Å². The van der Waals surface area contributed by atoms with Gasteiger partial charge in [-0.3, -0.25) is 0 Å². The Morgan fingerprint density at radius 2 is 1.75 bits per heavy atom. The maximum absolute atomic E-state index is 10.9. The molecule has 0 saturated carbocycles. The first-order chi connectivity index (χ1) is 8.35. The molecular weight excluding hydrogens is 316 g/mol. The summed E-state index contributed by atoms with van der Waals surface area (Å²) in [7, 11) is 0. The van der Waals surface area contributed by atoms with Gasteiger partial charge in [-0.15, -0.1) is 0 Å². The predicted octanol–water partition coefficient (Wildman–Crippen LogP) is -7.88. The number of benzene rings is 1. The van der Waals surface area contributed by atoms with E-state index < -0.39 is 17.5 Å². The molecule has 98 valence electrons. The molecule has 0 aromatic heterocycles. The van der Waals surface area contributed by atoms with Gasteiger partial charge in [0.05, 0.1) is 11.9 Å². The fraction of sp³-hybridized carbons (Fsp3) is 0.333. The number of hydrogen-bond donors (Lipinski definition) is 2. The summed E-state index contributed by atoms with van der Waals surface area (Å²) in [5.74, 6) is -4.26. The summed E-state index contributed by atoms with van der Waals surface area (Å²) >= 11 is 0. The monoisotopic (exact) mass is 329 g/mol. The summed E-state index contributed by atoms with van der Waals surface area (Å²) in [4.78, 5) is 21.8. The van der Waals surface area contributed by atoms with Gasteiger partial charge in [0.2, 0.25) is 0 Å². The van der Waals surface area contributed by atoms with Crippen molar-refractivity contribution < 1.29 is 128 Å². The zero-order valence-corrected chi connectivity index (χ0v) is 18.3. The molecule has 1 aromatic rings. The summed E-state index contributed by atoms with van der Waals surface area (Å²) in [5.41, 5.74) is -2.63. The number of rotatable bonds is 5. The minimum atomic E-state index is -3.18. The number of hydrogen-bond acceptors (Lipinski definition) is 6. The van der Waals surface area contributed by atoms with Crippen molar-refractivity contribution in [2.75, 3.05) is 11.9 Å². The summed E-state index contributed by atoms with van der Waals surface area (Å²) in [5, 5.41) is 34.5. The van der Waals surface area contributed by atoms with Gasteiger partial charge in [-0.1, -0.05) is 18.2 Å². The molecular formula is C12H13K2NO5. The van der Waals surface area contributed by atoms with Crippen LogP contribution < -0.4 is 118 Å². The van der Waals surface area contributed by atoms with Crippen LogP contribution in [0.3, 0.4) is 0 Å². The van der Waals surface area contributed by atoms with E-state index in [1.165, 1.54) is 12.1 Å². The standard InChI is InChI=1S/C12H15NO5.2K/c1-3-13-9-7(2)5-4-6-8(9)12(18,10(14)15)11(16)17;;/h4-6,13,18H,3H2,1-2H3,(H,14,15)(H,16,17);;/q;2*+1/p-2. The molecule has 1 rings (SSSR count). The first kappa shape index (κ1) is 23.5. The zero-order chi connectivity index (χ0) is 13.9. The third-order valence-electron chi connectivity index (χ3n) is 2.61. The summed E-state index contributed by atoms with van der Waals surface area (Å²) in [6.45, 7) is 3.85. The number of carbonyl (C=O) groups is 2. The fourth-order valence-electron chi connectivity index (χ4n) is 1.68. The largest absolute Gasteiger partial charge is 1.00 e. The van der Waals surface area contributed by atoms with E-state index in [4.69, 9.17) is 0 Å². The average molecular weight is 329 g/mol. The normalized spacial score (nSPS) is 9.95. The van der Waals surface area contributed by atoms with Crippen molar-refractivity contribution >= 4 is 17.6 Å². The summed E-state index contributed by atoms with van der Waals surface area (Å²) in [6, 6.07) is 4.31. The Bertz CT molecular complexity index is 479. The van der Waals surface area contributed by atoms with Gasteiger partial charge in [-0.25, -0.2) is 0 Å². The molecule has 0 aliphatic heterocycles. The second-order valence-electron chi connectivity index (χ2n) is 3.81. The number of carbonyl (C=O) groups excluding carboxylic acids is 2. The van der Waals surface area contributed by atoms with Crippen LogP contribution in [-0.2, 0) is 15.2 Å². The van der Waals surface area contributed by atoms with Crippen LogP contribution in [0.5, 0.6) is 0 Å².